The van der Waals surface area contributed by atoms with E-state index in [0.29, 0.717) is 5.56 Å². The van der Waals surface area contributed by atoms with Crippen molar-refractivity contribution in [3.05, 3.63) is 47.3 Å². The van der Waals surface area contributed by atoms with Crippen LogP contribution in [0, 0.1) is 13.8 Å². The molecule has 0 spiro atoms. The van der Waals surface area contributed by atoms with E-state index in [0.717, 1.165) is 16.8 Å². The Balaban J connectivity index is 2.12. The third-order valence-electron chi connectivity index (χ3n) is 3.01. The number of amides is 1. The van der Waals surface area contributed by atoms with E-state index < -0.39 is 6.04 Å². The van der Waals surface area contributed by atoms with Gasteiger partial charge in [-0.2, -0.15) is 5.10 Å². The van der Waals surface area contributed by atoms with Crippen molar-refractivity contribution in [2.75, 3.05) is 5.32 Å². The van der Waals surface area contributed by atoms with Crippen LogP contribution in [-0.4, -0.2) is 15.7 Å². The van der Waals surface area contributed by atoms with Crippen molar-refractivity contribution in [1.82, 2.24) is 9.78 Å². The zero-order chi connectivity index (χ0) is 14.0. The van der Waals surface area contributed by atoms with Gasteiger partial charge in [0.1, 0.15) is 6.04 Å². The highest BCUT2D eigenvalue weighted by molar-refractivity contribution is 5.95. The lowest BCUT2D eigenvalue weighted by molar-refractivity contribution is -0.117. The van der Waals surface area contributed by atoms with Gasteiger partial charge < -0.3 is 11.1 Å². The van der Waals surface area contributed by atoms with Crippen LogP contribution in [0.3, 0.4) is 0 Å². The Bertz CT molecular complexity index is 603. The maximum Gasteiger partial charge on any atom is 0.246 e. The molecule has 1 aromatic heterocycles. The number of anilines is 1. The number of nitrogens with two attached hydrogens (primary N) is 1. The van der Waals surface area contributed by atoms with E-state index in [4.69, 9.17) is 5.73 Å². The molecule has 3 N–H and O–H groups in total. The van der Waals surface area contributed by atoms with Gasteiger partial charge in [-0.1, -0.05) is 17.7 Å². The zero-order valence-corrected chi connectivity index (χ0v) is 11.3. The normalized spacial score (nSPS) is 12.2. The highest BCUT2D eigenvalue weighted by atomic mass is 16.2. The molecule has 1 amide bonds. The summed E-state index contributed by atoms with van der Waals surface area (Å²) in [4.78, 5) is 12.1. The van der Waals surface area contributed by atoms with Gasteiger partial charge in [0.15, 0.2) is 0 Å². The number of rotatable bonds is 3. The summed E-state index contributed by atoms with van der Waals surface area (Å²) in [5.74, 6) is -0.236. The Labute approximate surface area is 112 Å². The molecule has 0 aliphatic heterocycles. The van der Waals surface area contributed by atoms with Gasteiger partial charge in [-0.05, 0) is 25.5 Å². The molecule has 0 saturated heterocycles. The molecule has 0 bridgehead atoms. The first-order valence-corrected chi connectivity index (χ1v) is 6.09. The second kappa shape index (κ2) is 5.24. The molecule has 19 heavy (non-hydrogen) atoms. The molecular weight excluding hydrogens is 240 g/mol. The fraction of sp³-hybridized carbons (Fsp3) is 0.286. The highest BCUT2D eigenvalue weighted by Crippen LogP contribution is 2.18. The molecule has 0 saturated carbocycles. The average molecular weight is 258 g/mol. The number of carbonyl (C=O) groups excluding carboxylic acids is 1. The lowest BCUT2D eigenvalue weighted by atomic mass is 10.1. The zero-order valence-electron chi connectivity index (χ0n) is 11.3. The Morgan fingerprint density at radius 2 is 2.16 bits per heavy atom. The van der Waals surface area contributed by atoms with Crippen LogP contribution in [0.1, 0.15) is 22.7 Å². The fourth-order valence-electron chi connectivity index (χ4n) is 1.92. The van der Waals surface area contributed by atoms with Gasteiger partial charge in [-0.15, -0.1) is 0 Å². The minimum Gasteiger partial charge on any atom is -0.324 e. The molecule has 1 heterocycles. The van der Waals surface area contributed by atoms with E-state index in [1.54, 1.807) is 24.1 Å². The van der Waals surface area contributed by atoms with Crippen molar-refractivity contribution in [2.24, 2.45) is 12.8 Å². The minimum absolute atomic E-state index is 0.236. The van der Waals surface area contributed by atoms with E-state index in [1.165, 1.54) is 0 Å². The monoisotopic (exact) mass is 258 g/mol. The van der Waals surface area contributed by atoms with E-state index in [1.807, 2.05) is 32.0 Å². The Kier molecular flexibility index (Phi) is 3.66. The summed E-state index contributed by atoms with van der Waals surface area (Å²) in [6.07, 6.45) is 3.35. The first kappa shape index (κ1) is 13.3. The highest BCUT2D eigenvalue weighted by Gasteiger charge is 2.17. The number of nitrogens with one attached hydrogen (secondary N) is 1. The summed E-state index contributed by atoms with van der Waals surface area (Å²) < 4.78 is 1.62. The molecule has 0 fully saturated rings. The summed E-state index contributed by atoms with van der Waals surface area (Å²) >= 11 is 0. The molecule has 2 aromatic rings. The average Bonchev–Trinajstić information content (AvgIpc) is 2.78. The predicted molar refractivity (Wildman–Crippen MR) is 74.7 cm³/mol. The maximum absolute atomic E-state index is 12.1. The van der Waals surface area contributed by atoms with Crippen LogP contribution in [0.5, 0.6) is 0 Å². The van der Waals surface area contributed by atoms with Gasteiger partial charge in [0.2, 0.25) is 5.91 Å². The maximum atomic E-state index is 12.1. The molecule has 1 unspecified atom stereocenters. The van der Waals surface area contributed by atoms with Crippen LogP contribution >= 0.6 is 0 Å². The number of hydrogen-bond donors (Lipinski definition) is 2. The third kappa shape index (κ3) is 3.00. The Morgan fingerprint density at radius 3 is 2.74 bits per heavy atom. The van der Waals surface area contributed by atoms with E-state index in [2.05, 4.69) is 10.4 Å². The van der Waals surface area contributed by atoms with Gasteiger partial charge in [0.25, 0.3) is 0 Å². The first-order valence-electron chi connectivity index (χ1n) is 6.09. The van der Waals surface area contributed by atoms with Crippen LogP contribution in [0.2, 0.25) is 0 Å². The fourth-order valence-corrected chi connectivity index (χ4v) is 1.92. The molecule has 1 aromatic carbocycles. The molecule has 0 aliphatic rings. The molecule has 0 aliphatic carbocycles. The van der Waals surface area contributed by atoms with E-state index >= 15 is 0 Å². The minimum atomic E-state index is -0.714. The molecule has 5 nitrogen and oxygen atoms in total. The Hall–Kier alpha value is -2.14. The van der Waals surface area contributed by atoms with Crippen LogP contribution in [0.15, 0.2) is 30.6 Å². The number of benzene rings is 1. The summed E-state index contributed by atoms with van der Waals surface area (Å²) in [6, 6.07) is 5.15. The molecular formula is C14H18N4O. The Morgan fingerprint density at radius 1 is 1.42 bits per heavy atom. The smallest absolute Gasteiger partial charge is 0.246 e. The molecule has 2 rings (SSSR count). The number of aromatic nitrogens is 2. The van der Waals surface area contributed by atoms with Gasteiger partial charge in [0.05, 0.1) is 6.20 Å². The lowest BCUT2D eigenvalue weighted by Crippen LogP contribution is -2.27. The van der Waals surface area contributed by atoms with Crippen LogP contribution in [-0.2, 0) is 11.8 Å². The molecule has 0 radical (unpaired) electrons. The van der Waals surface area contributed by atoms with Gasteiger partial charge >= 0.3 is 0 Å². The summed E-state index contributed by atoms with van der Waals surface area (Å²) in [5, 5.41) is 6.86. The van der Waals surface area contributed by atoms with Gasteiger partial charge in [0, 0.05) is 24.5 Å². The second-order valence-corrected chi connectivity index (χ2v) is 4.73. The van der Waals surface area contributed by atoms with Crippen LogP contribution < -0.4 is 11.1 Å². The van der Waals surface area contributed by atoms with Crippen molar-refractivity contribution in [3.8, 4) is 0 Å². The largest absolute Gasteiger partial charge is 0.324 e. The number of nitrogens with zero attached hydrogens (tertiary/aromatic N) is 2. The third-order valence-corrected chi connectivity index (χ3v) is 3.01. The second-order valence-electron chi connectivity index (χ2n) is 4.73. The molecule has 1 atom stereocenters. The summed E-state index contributed by atoms with van der Waals surface area (Å²) in [6.45, 7) is 3.97. The quantitative estimate of drug-likeness (QED) is 0.879. The van der Waals surface area contributed by atoms with Crippen molar-refractivity contribution < 1.29 is 4.79 Å². The predicted octanol–water partition coefficient (Wildman–Crippen LogP) is 1.68. The number of aryl methyl sites for hydroxylation is 3. The van der Waals surface area contributed by atoms with Crippen molar-refractivity contribution in [3.63, 3.8) is 0 Å². The van der Waals surface area contributed by atoms with Crippen LogP contribution in [0.25, 0.3) is 0 Å². The van der Waals surface area contributed by atoms with Crippen molar-refractivity contribution in [1.29, 1.82) is 0 Å². The topological polar surface area (TPSA) is 72.9 Å². The van der Waals surface area contributed by atoms with E-state index in [9.17, 15) is 4.79 Å². The van der Waals surface area contributed by atoms with Crippen molar-refractivity contribution >= 4 is 11.6 Å². The number of carbonyl (C=O) groups is 1. The van der Waals surface area contributed by atoms with Gasteiger partial charge in [-0.25, -0.2) is 0 Å². The van der Waals surface area contributed by atoms with E-state index in [-0.39, 0.29) is 5.91 Å². The lowest BCUT2D eigenvalue weighted by Gasteiger charge is -2.13. The molecule has 100 valence electrons. The van der Waals surface area contributed by atoms with Gasteiger partial charge in [-0.3, -0.25) is 9.48 Å². The summed E-state index contributed by atoms with van der Waals surface area (Å²) in [7, 11) is 1.79. The van der Waals surface area contributed by atoms with Crippen molar-refractivity contribution in [2.45, 2.75) is 19.9 Å². The SMILES string of the molecule is Cc1ccc(NC(=O)C(N)c2cnn(C)c2)c(C)c1. The molecule has 5 heteroatoms. The standard InChI is InChI=1S/C14H18N4O/c1-9-4-5-12(10(2)6-9)17-14(19)13(15)11-7-16-18(3)8-11/h4-8,13H,15H2,1-3H3,(H,17,19). The number of hydrogen-bond acceptors (Lipinski definition) is 3. The van der Waals surface area contributed by atoms with Crippen LogP contribution in [0.4, 0.5) is 5.69 Å². The summed E-state index contributed by atoms with van der Waals surface area (Å²) in [5.41, 5.74) is 9.58. The first-order chi connectivity index (χ1) is 8.97.